The molecule has 1 amide bonds. The van der Waals surface area contributed by atoms with Crippen molar-refractivity contribution in [3.05, 3.63) is 35.5 Å². The third-order valence-corrected chi connectivity index (χ3v) is 7.45. The monoisotopic (exact) mass is 480 g/mol. The largest absolute Gasteiger partial charge is 0.465 e. The number of aromatic nitrogens is 1. The maximum atomic E-state index is 13.7. The summed E-state index contributed by atoms with van der Waals surface area (Å²) in [5.74, 6) is -0.169. The summed E-state index contributed by atoms with van der Waals surface area (Å²) in [4.78, 5) is 29.7. The predicted molar refractivity (Wildman–Crippen MR) is 133 cm³/mol. The molecule has 2 fully saturated rings. The van der Waals surface area contributed by atoms with Gasteiger partial charge in [-0.3, -0.25) is 14.5 Å². The van der Waals surface area contributed by atoms with Gasteiger partial charge in [-0.05, 0) is 76.1 Å². The molecule has 3 atom stereocenters. The van der Waals surface area contributed by atoms with E-state index in [-0.39, 0.29) is 36.6 Å². The lowest BCUT2D eigenvalue weighted by molar-refractivity contribution is -0.146. The molecule has 8 heteroatoms. The van der Waals surface area contributed by atoms with Gasteiger partial charge in [0.2, 0.25) is 5.91 Å². The van der Waals surface area contributed by atoms with E-state index in [0.717, 1.165) is 56.1 Å². The van der Waals surface area contributed by atoms with Crippen LogP contribution in [0.2, 0.25) is 0 Å². The molecule has 2 saturated heterocycles. The molecule has 4 rings (SSSR count). The number of rotatable bonds is 9. The Morgan fingerprint density at radius 1 is 1.23 bits per heavy atom. The molecule has 35 heavy (non-hydrogen) atoms. The van der Waals surface area contributed by atoms with Crippen LogP contribution >= 0.6 is 0 Å². The normalized spacial score (nSPS) is 22.6. The Hall–Kier alpha value is -2.89. The number of nitriles is 1. The number of benzene rings is 1. The molecule has 0 spiro atoms. The fraction of sp³-hybridized carbons (Fsp3) is 0.593. The molecule has 2 unspecified atom stereocenters. The first kappa shape index (κ1) is 25.2. The van der Waals surface area contributed by atoms with Crippen molar-refractivity contribution in [2.45, 2.75) is 70.7 Å². The summed E-state index contributed by atoms with van der Waals surface area (Å²) >= 11 is 0. The van der Waals surface area contributed by atoms with E-state index in [1.165, 1.54) is 5.69 Å². The van der Waals surface area contributed by atoms with E-state index < -0.39 is 0 Å². The molecule has 0 radical (unpaired) electrons. The van der Waals surface area contributed by atoms with Gasteiger partial charge in [-0.25, -0.2) is 0 Å². The maximum absolute atomic E-state index is 13.7. The average Bonchev–Trinajstić information content (AvgIpc) is 3.58. The molecule has 1 aromatic carbocycles. The number of amides is 1. The van der Waals surface area contributed by atoms with E-state index in [0.29, 0.717) is 18.7 Å². The van der Waals surface area contributed by atoms with Crippen molar-refractivity contribution >= 4 is 22.8 Å². The van der Waals surface area contributed by atoms with Crippen LogP contribution in [0.4, 0.5) is 0 Å². The Balaban J connectivity index is 1.48. The van der Waals surface area contributed by atoms with Gasteiger partial charge in [0.15, 0.2) is 0 Å². The molecule has 2 aliphatic rings. The zero-order valence-electron chi connectivity index (χ0n) is 21.0. The van der Waals surface area contributed by atoms with Crippen molar-refractivity contribution in [1.82, 2.24) is 14.4 Å². The standard InChI is InChI=1S/C27H36N4O4/c1-4-30-21(14-20-9-8-19(16-28)13-25(20)30)10-11-22-15-23(34-3)17-31(22)27(33)24-7-6-12-29(24)18-26(32)35-5-2/h8-9,13-14,22-24H,4-7,10-12,15,17-18H2,1-3H3/t22?,23?,24-/m1/s1. The van der Waals surface area contributed by atoms with E-state index in [1.807, 2.05) is 28.0 Å². The summed E-state index contributed by atoms with van der Waals surface area (Å²) in [6.07, 6.45) is 4.20. The number of fused-ring (bicyclic) bond motifs is 1. The molecule has 2 aromatic rings. The molecule has 3 heterocycles. The van der Waals surface area contributed by atoms with Crippen molar-refractivity contribution in [1.29, 1.82) is 5.26 Å². The lowest BCUT2D eigenvalue weighted by Gasteiger charge is -2.31. The second kappa shape index (κ2) is 11.2. The number of nitrogens with zero attached hydrogens (tertiary/aromatic N) is 4. The number of ether oxygens (including phenoxy) is 2. The van der Waals surface area contributed by atoms with Gasteiger partial charge in [0.05, 0.1) is 36.9 Å². The molecule has 0 saturated carbocycles. The third-order valence-electron chi connectivity index (χ3n) is 7.45. The molecule has 2 aliphatic heterocycles. The molecule has 8 nitrogen and oxygen atoms in total. The highest BCUT2D eigenvalue weighted by atomic mass is 16.5. The maximum Gasteiger partial charge on any atom is 0.320 e. The molecule has 0 bridgehead atoms. The summed E-state index contributed by atoms with van der Waals surface area (Å²) in [5.41, 5.74) is 2.96. The van der Waals surface area contributed by atoms with E-state index in [9.17, 15) is 14.9 Å². The van der Waals surface area contributed by atoms with Gasteiger partial charge in [-0.15, -0.1) is 0 Å². The fourth-order valence-electron chi connectivity index (χ4n) is 5.72. The van der Waals surface area contributed by atoms with E-state index >= 15 is 0 Å². The summed E-state index contributed by atoms with van der Waals surface area (Å²) < 4.78 is 13.0. The van der Waals surface area contributed by atoms with E-state index in [2.05, 4.69) is 23.6 Å². The Bertz CT molecular complexity index is 1100. The fourth-order valence-corrected chi connectivity index (χ4v) is 5.72. The van der Waals surface area contributed by atoms with Gasteiger partial charge in [0, 0.05) is 37.5 Å². The quantitative estimate of drug-likeness (QED) is 0.513. The van der Waals surface area contributed by atoms with Crippen LogP contribution < -0.4 is 0 Å². The van der Waals surface area contributed by atoms with Crippen LogP contribution in [0.5, 0.6) is 0 Å². The number of likely N-dealkylation sites (tertiary alicyclic amines) is 2. The van der Waals surface area contributed by atoms with Gasteiger partial charge in [0.25, 0.3) is 0 Å². The number of hydrogen-bond acceptors (Lipinski definition) is 6. The SMILES string of the molecule is CCOC(=O)CN1CCC[C@@H]1C(=O)N1CC(OC)CC1CCc1cc2ccc(C#N)cc2n1CC. The van der Waals surface area contributed by atoms with E-state index in [4.69, 9.17) is 9.47 Å². The van der Waals surface area contributed by atoms with Crippen molar-refractivity contribution < 1.29 is 19.1 Å². The number of carbonyl (C=O) groups is 2. The first-order valence-corrected chi connectivity index (χ1v) is 12.7. The average molecular weight is 481 g/mol. The van der Waals surface area contributed by atoms with Gasteiger partial charge >= 0.3 is 5.97 Å². The highest BCUT2D eigenvalue weighted by molar-refractivity contribution is 5.84. The predicted octanol–water partition coefficient (Wildman–Crippen LogP) is 3.11. The number of hydrogen-bond donors (Lipinski definition) is 0. The molecule has 0 N–H and O–H groups in total. The Morgan fingerprint density at radius 2 is 2.06 bits per heavy atom. The number of esters is 1. The van der Waals surface area contributed by atoms with Crippen LogP contribution in [0.25, 0.3) is 10.9 Å². The zero-order valence-corrected chi connectivity index (χ0v) is 21.0. The van der Waals surface area contributed by atoms with Crippen molar-refractivity contribution in [2.75, 3.05) is 33.4 Å². The summed E-state index contributed by atoms with van der Waals surface area (Å²) in [6, 6.07) is 10.1. The smallest absolute Gasteiger partial charge is 0.320 e. The van der Waals surface area contributed by atoms with Crippen molar-refractivity contribution in [3.63, 3.8) is 0 Å². The summed E-state index contributed by atoms with van der Waals surface area (Å²) in [5, 5.41) is 10.4. The first-order valence-electron chi connectivity index (χ1n) is 12.7. The molecule has 0 aliphatic carbocycles. The van der Waals surface area contributed by atoms with Crippen LogP contribution in [-0.2, 0) is 32.0 Å². The Morgan fingerprint density at radius 3 is 2.77 bits per heavy atom. The van der Waals surface area contributed by atoms with Crippen LogP contribution in [-0.4, -0.2) is 77.8 Å². The van der Waals surface area contributed by atoms with Crippen LogP contribution in [0.15, 0.2) is 24.3 Å². The van der Waals surface area contributed by atoms with Crippen LogP contribution in [0, 0.1) is 11.3 Å². The minimum atomic E-state index is -0.274. The van der Waals surface area contributed by atoms with Crippen LogP contribution in [0.1, 0.15) is 50.8 Å². The summed E-state index contributed by atoms with van der Waals surface area (Å²) in [7, 11) is 1.71. The summed E-state index contributed by atoms with van der Waals surface area (Å²) in [6.45, 7) is 6.58. The topological polar surface area (TPSA) is 87.8 Å². The number of carbonyl (C=O) groups excluding carboxylic acids is 2. The highest BCUT2D eigenvalue weighted by Gasteiger charge is 2.41. The first-order chi connectivity index (χ1) is 17.0. The van der Waals surface area contributed by atoms with Gasteiger partial charge in [-0.2, -0.15) is 5.26 Å². The van der Waals surface area contributed by atoms with Crippen LogP contribution in [0.3, 0.4) is 0 Å². The van der Waals surface area contributed by atoms with Gasteiger partial charge < -0.3 is 18.9 Å². The van der Waals surface area contributed by atoms with Gasteiger partial charge in [-0.1, -0.05) is 6.07 Å². The molecule has 188 valence electrons. The highest BCUT2D eigenvalue weighted by Crippen LogP contribution is 2.30. The zero-order chi connectivity index (χ0) is 24.9. The Labute approximate surface area is 207 Å². The lowest BCUT2D eigenvalue weighted by Crippen LogP contribution is -2.49. The lowest BCUT2D eigenvalue weighted by atomic mass is 10.0. The van der Waals surface area contributed by atoms with Crippen molar-refractivity contribution in [3.8, 4) is 6.07 Å². The number of aryl methyl sites for hydroxylation is 2. The molecular formula is C27H36N4O4. The van der Waals surface area contributed by atoms with E-state index in [1.54, 1.807) is 14.0 Å². The van der Waals surface area contributed by atoms with Gasteiger partial charge in [0.1, 0.15) is 0 Å². The minimum absolute atomic E-state index is 0.0269. The number of methoxy groups -OCH3 is 1. The van der Waals surface area contributed by atoms with Crippen molar-refractivity contribution in [2.24, 2.45) is 0 Å². The molecule has 1 aromatic heterocycles. The second-order valence-corrected chi connectivity index (χ2v) is 9.48. The molecular weight excluding hydrogens is 444 g/mol. The Kier molecular flexibility index (Phi) is 8.09. The second-order valence-electron chi connectivity index (χ2n) is 9.48. The third kappa shape index (κ3) is 5.36. The minimum Gasteiger partial charge on any atom is -0.465 e.